The summed E-state index contributed by atoms with van der Waals surface area (Å²) >= 11 is 13.0. The highest BCUT2D eigenvalue weighted by Gasteiger charge is 2.34. The molecule has 0 atom stereocenters. The number of nitrogens with one attached hydrogen (secondary N) is 1. The minimum Gasteiger partial charge on any atom is -0.298 e. The van der Waals surface area contributed by atoms with Crippen LogP contribution in [0.4, 0.5) is 10.1 Å². The van der Waals surface area contributed by atoms with Crippen LogP contribution in [0.25, 0.3) is 6.08 Å². The molecule has 8 heteroatoms. The number of carbonyl (C=O) groups is 2. The molecule has 2 aromatic carbocycles. The van der Waals surface area contributed by atoms with Crippen molar-refractivity contribution in [2.45, 2.75) is 0 Å². The zero-order valence-electron chi connectivity index (χ0n) is 12.4. The SMILES string of the molecule is O=C1NC(=S)N(c2ccc(Cl)cc2)C(=O)/C1=C/c1cc(I)ccc1F. The first-order chi connectivity index (χ1) is 11.9. The molecule has 3 rings (SSSR count). The fraction of sp³-hybridized carbons (Fsp3) is 0. The summed E-state index contributed by atoms with van der Waals surface area (Å²) in [4.78, 5) is 26.1. The van der Waals surface area contributed by atoms with E-state index in [1.807, 2.05) is 22.6 Å². The Morgan fingerprint density at radius 3 is 2.52 bits per heavy atom. The lowest BCUT2D eigenvalue weighted by Gasteiger charge is -2.29. The van der Waals surface area contributed by atoms with Gasteiger partial charge in [0.1, 0.15) is 11.4 Å². The predicted molar refractivity (Wildman–Crippen MR) is 107 cm³/mol. The maximum atomic E-state index is 14.0. The molecule has 0 aromatic heterocycles. The van der Waals surface area contributed by atoms with Crippen LogP contribution in [0.15, 0.2) is 48.0 Å². The largest absolute Gasteiger partial charge is 0.298 e. The minimum absolute atomic E-state index is 0.0439. The van der Waals surface area contributed by atoms with Crippen molar-refractivity contribution in [1.82, 2.24) is 5.32 Å². The van der Waals surface area contributed by atoms with Gasteiger partial charge in [-0.15, -0.1) is 0 Å². The summed E-state index contributed by atoms with van der Waals surface area (Å²) in [6.07, 6.45) is 1.22. The Hall–Kier alpha value is -1.84. The van der Waals surface area contributed by atoms with Gasteiger partial charge in [0.2, 0.25) is 0 Å². The van der Waals surface area contributed by atoms with Crippen LogP contribution in [0.1, 0.15) is 5.56 Å². The van der Waals surface area contributed by atoms with Crippen molar-refractivity contribution in [3.05, 3.63) is 68.0 Å². The number of hydrogen-bond acceptors (Lipinski definition) is 3. The fourth-order valence-electron chi connectivity index (χ4n) is 2.26. The highest BCUT2D eigenvalue weighted by Crippen LogP contribution is 2.24. The van der Waals surface area contributed by atoms with E-state index in [2.05, 4.69) is 5.32 Å². The van der Waals surface area contributed by atoms with E-state index in [1.54, 1.807) is 36.4 Å². The first-order valence-electron chi connectivity index (χ1n) is 6.99. The van der Waals surface area contributed by atoms with Crippen LogP contribution in [0.2, 0.25) is 5.02 Å². The first-order valence-corrected chi connectivity index (χ1v) is 8.85. The van der Waals surface area contributed by atoms with Gasteiger partial charge >= 0.3 is 0 Å². The molecular weight excluding hydrogens is 478 g/mol. The molecule has 1 N–H and O–H groups in total. The van der Waals surface area contributed by atoms with Crippen molar-refractivity contribution < 1.29 is 14.0 Å². The van der Waals surface area contributed by atoms with E-state index < -0.39 is 17.6 Å². The molecule has 126 valence electrons. The highest BCUT2D eigenvalue weighted by atomic mass is 127. The van der Waals surface area contributed by atoms with Gasteiger partial charge in [-0.25, -0.2) is 4.39 Å². The Morgan fingerprint density at radius 2 is 1.84 bits per heavy atom. The number of carbonyl (C=O) groups excluding carboxylic acids is 2. The summed E-state index contributed by atoms with van der Waals surface area (Å²) in [5, 5.41) is 2.91. The number of hydrogen-bond donors (Lipinski definition) is 1. The lowest BCUT2D eigenvalue weighted by Crippen LogP contribution is -2.54. The number of rotatable bonds is 2. The molecule has 1 heterocycles. The molecule has 1 saturated heterocycles. The van der Waals surface area contributed by atoms with Crippen LogP contribution < -0.4 is 10.2 Å². The molecule has 0 bridgehead atoms. The third-order valence-electron chi connectivity index (χ3n) is 3.44. The monoisotopic (exact) mass is 486 g/mol. The number of benzene rings is 2. The van der Waals surface area contributed by atoms with E-state index in [0.29, 0.717) is 10.7 Å². The molecule has 0 radical (unpaired) electrons. The molecule has 25 heavy (non-hydrogen) atoms. The number of halogens is 3. The van der Waals surface area contributed by atoms with Gasteiger partial charge in [0, 0.05) is 14.2 Å². The Kier molecular flexibility index (Phi) is 5.16. The highest BCUT2D eigenvalue weighted by molar-refractivity contribution is 14.1. The van der Waals surface area contributed by atoms with Gasteiger partial charge in [-0.3, -0.25) is 19.8 Å². The molecule has 0 aliphatic carbocycles. The van der Waals surface area contributed by atoms with Crippen LogP contribution >= 0.6 is 46.4 Å². The van der Waals surface area contributed by atoms with Crippen molar-refractivity contribution in [1.29, 1.82) is 0 Å². The molecule has 0 unspecified atom stereocenters. The van der Waals surface area contributed by atoms with Crippen LogP contribution in [0, 0.1) is 9.39 Å². The van der Waals surface area contributed by atoms with Crippen LogP contribution in [0.5, 0.6) is 0 Å². The van der Waals surface area contributed by atoms with Gasteiger partial charge in [0.25, 0.3) is 11.8 Å². The van der Waals surface area contributed by atoms with Crippen LogP contribution in [-0.2, 0) is 9.59 Å². The van der Waals surface area contributed by atoms with E-state index in [4.69, 9.17) is 23.8 Å². The molecule has 2 amide bonds. The first kappa shape index (κ1) is 18.0. The lowest BCUT2D eigenvalue weighted by atomic mass is 10.1. The third kappa shape index (κ3) is 3.73. The summed E-state index contributed by atoms with van der Waals surface area (Å²) < 4.78 is 14.8. The lowest BCUT2D eigenvalue weighted by molar-refractivity contribution is -0.122. The Morgan fingerprint density at radius 1 is 1.16 bits per heavy atom. The second-order valence-electron chi connectivity index (χ2n) is 5.10. The van der Waals surface area contributed by atoms with E-state index in [-0.39, 0.29) is 16.2 Å². The Labute approximate surface area is 166 Å². The standard InChI is InChI=1S/C17H9ClFIN2O2S/c18-10-1-4-12(5-2-10)22-16(24)13(15(23)21-17(22)25)8-9-7-11(20)3-6-14(9)19/h1-8H,(H,21,23,25)/b13-8+. The van der Waals surface area contributed by atoms with Crippen molar-refractivity contribution in [3.63, 3.8) is 0 Å². The maximum absolute atomic E-state index is 14.0. The van der Waals surface area contributed by atoms with Crippen LogP contribution in [0.3, 0.4) is 0 Å². The van der Waals surface area contributed by atoms with Crippen molar-refractivity contribution in [2.24, 2.45) is 0 Å². The van der Waals surface area contributed by atoms with E-state index >= 15 is 0 Å². The van der Waals surface area contributed by atoms with Crippen molar-refractivity contribution in [2.75, 3.05) is 4.90 Å². The Balaban J connectivity index is 2.05. The number of amides is 2. The fourth-order valence-corrected chi connectivity index (χ4v) is 3.19. The second kappa shape index (κ2) is 7.19. The topological polar surface area (TPSA) is 49.4 Å². The normalized spacial score (nSPS) is 16.4. The zero-order valence-corrected chi connectivity index (χ0v) is 16.2. The summed E-state index contributed by atoms with van der Waals surface area (Å²) in [5.74, 6) is -1.83. The average molecular weight is 487 g/mol. The molecule has 1 aliphatic heterocycles. The number of nitrogens with zero attached hydrogens (tertiary/aromatic N) is 1. The van der Waals surface area contributed by atoms with Gasteiger partial charge in [-0.2, -0.15) is 0 Å². The van der Waals surface area contributed by atoms with Gasteiger partial charge in [0.05, 0.1) is 5.69 Å². The number of thiocarbonyl (C=S) groups is 1. The van der Waals surface area contributed by atoms with E-state index in [0.717, 1.165) is 3.57 Å². The van der Waals surface area contributed by atoms with Gasteiger partial charge in [0.15, 0.2) is 5.11 Å². The van der Waals surface area contributed by atoms with Crippen molar-refractivity contribution in [3.8, 4) is 0 Å². The summed E-state index contributed by atoms with van der Waals surface area (Å²) in [6.45, 7) is 0. The molecule has 0 saturated carbocycles. The van der Waals surface area contributed by atoms with Gasteiger partial charge in [-0.05, 0) is 83.3 Å². The average Bonchev–Trinajstić information content (AvgIpc) is 2.56. The molecule has 1 fully saturated rings. The van der Waals surface area contributed by atoms with E-state index in [1.165, 1.54) is 17.0 Å². The second-order valence-corrected chi connectivity index (χ2v) is 7.17. The van der Waals surface area contributed by atoms with Crippen LogP contribution in [-0.4, -0.2) is 16.9 Å². The summed E-state index contributed by atoms with van der Waals surface area (Å²) in [6, 6.07) is 10.8. The molecule has 2 aromatic rings. The molecule has 1 aliphatic rings. The zero-order chi connectivity index (χ0) is 18.1. The molecular formula is C17H9ClFIN2O2S. The smallest absolute Gasteiger partial charge is 0.270 e. The van der Waals surface area contributed by atoms with Gasteiger partial charge < -0.3 is 0 Å². The Bertz CT molecular complexity index is 931. The molecule has 4 nitrogen and oxygen atoms in total. The quantitative estimate of drug-likeness (QED) is 0.303. The maximum Gasteiger partial charge on any atom is 0.270 e. The molecule has 0 spiro atoms. The number of anilines is 1. The summed E-state index contributed by atoms with van der Waals surface area (Å²) in [5.41, 5.74) is 0.395. The van der Waals surface area contributed by atoms with Gasteiger partial charge in [-0.1, -0.05) is 11.6 Å². The third-order valence-corrected chi connectivity index (χ3v) is 4.65. The predicted octanol–water partition coefficient (Wildman–Crippen LogP) is 3.92. The summed E-state index contributed by atoms with van der Waals surface area (Å²) in [7, 11) is 0. The van der Waals surface area contributed by atoms with E-state index in [9.17, 15) is 14.0 Å². The minimum atomic E-state index is -0.668. The van der Waals surface area contributed by atoms with Crippen molar-refractivity contribution >= 4 is 75.1 Å².